The van der Waals surface area contributed by atoms with E-state index in [2.05, 4.69) is 20.0 Å². The maximum absolute atomic E-state index is 12.3. The molecule has 112 valence electrons. The van der Waals surface area contributed by atoms with Gasteiger partial charge in [-0.15, -0.1) is 11.3 Å². The Hall–Kier alpha value is -1.38. The van der Waals surface area contributed by atoms with Gasteiger partial charge in [0.25, 0.3) is 10.0 Å². The predicted molar refractivity (Wildman–Crippen MR) is 83.7 cm³/mol. The second-order valence-corrected chi connectivity index (χ2v) is 7.77. The van der Waals surface area contributed by atoms with E-state index < -0.39 is 10.0 Å². The lowest BCUT2D eigenvalue weighted by atomic mass is 10.4. The van der Waals surface area contributed by atoms with Crippen LogP contribution < -0.4 is 10.0 Å². The van der Waals surface area contributed by atoms with E-state index in [1.807, 2.05) is 0 Å². The number of pyridine rings is 1. The highest BCUT2D eigenvalue weighted by molar-refractivity contribution is 7.93. The van der Waals surface area contributed by atoms with Gasteiger partial charge in [0.05, 0.1) is 10.7 Å². The van der Waals surface area contributed by atoms with Gasteiger partial charge in [-0.05, 0) is 25.3 Å². The van der Waals surface area contributed by atoms with Crippen LogP contribution in [0.2, 0.25) is 5.02 Å². The van der Waals surface area contributed by atoms with Crippen LogP contribution >= 0.6 is 22.9 Å². The number of aromatic nitrogens is 2. The number of rotatable bonds is 4. The van der Waals surface area contributed by atoms with E-state index in [1.54, 1.807) is 7.05 Å². The summed E-state index contributed by atoms with van der Waals surface area (Å²) in [7, 11) is -2.06. The number of sulfonamides is 1. The van der Waals surface area contributed by atoms with Crippen molar-refractivity contribution in [1.82, 2.24) is 9.97 Å². The van der Waals surface area contributed by atoms with Crippen LogP contribution in [0.4, 0.5) is 10.9 Å². The summed E-state index contributed by atoms with van der Waals surface area (Å²) in [5.74, 6) is 0.434. The van der Waals surface area contributed by atoms with E-state index in [4.69, 9.17) is 11.6 Å². The zero-order valence-electron chi connectivity index (χ0n) is 11.2. The molecule has 3 rings (SSSR count). The first-order valence-corrected chi connectivity index (χ1v) is 9.02. The number of nitrogens with one attached hydrogen (secondary N) is 2. The summed E-state index contributed by atoms with van der Waals surface area (Å²) in [6, 6.07) is 1.37. The van der Waals surface area contributed by atoms with Gasteiger partial charge in [0.1, 0.15) is 10.7 Å². The molecule has 0 bridgehead atoms. The molecule has 21 heavy (non-hydrogen) atoms. The van der Waals surface area contributed by atoms with Crippen molar-refractivity contribution in [2.24, 2.45) is 0 Å². The van der Waals surface area contributed by atoms with Crippen molar-refractivity contribution in [3.05, 3.63) is 27.9 Å². The summed E-state index contributed by atoms with van der Waals surface area (Å²) in [6.45, 7) is 0. The van der Waals surface area contributed by atoms with Crippen LogP contribution in [-0.4, -0.2) is 25.4 Å². The van der Waals surface area contributed by atoms with Crippen molar-refractivity contribution in [2.45, 2.75) is 24.2 Å². The molecule has 2 aromatic heterocycles. The third kappa shape index (κ3) is 2.83. The SMILES string of the molecule is CNc1ncc(S(=O)(=O)Nc2nc3c(s2)CCC3)cc1Cl. The zero-order chi connectivity index (χ0) is 15.0. The third-order valence-corrected chi connectivity index (χ3v) is 5.98. The molecule has 2 aromatic rings. The van der Waals surface area contributed by atoms with Gasteiger partial charge in [-0.2, -0.15) is 0 Å². The van der Waals surface area contributed by atoms with Gasteiger partial charge in [-0.3, -0.25) is 4.72 Å². The van der Waals surface area contributed by atoms with E-state index in [-0.39, 0.29) is 9.92 Å². The molecular formula is C12H13ClN4O2S2. The third-order valence-electron chi connectivity index (χ3n) is 3.18. The summed E-state index contributed by atoms with van der Waals surface area (Å²) < 4.78 is 27.1. The molecule has 9 heteroatoms. The summed E-state index contributed by atoms with van der Waals surface area (Å²) in [4.78, 5) is 9.47. The van der Waals surface area contributed by atoms with Gasteiger partial charge in [-0.1, -0.05) is 11.6 Å². The lowest BCUT2D eigenvalue weighted by molar-refractivity contribution is 0.601. The molecule has 0 aromatic carbocycles. The van der Waals surface area contributed by atoms with Crippen molar-refractivity contribution < 1.29 is 8.42 Å². The summed E-state index contributed by atoms with van der Waals surface area (Å²) in [5.41, 5.74) is 0.999. The topological polar surface area (TPSA) is 84.0 Å². The van der Waals surface area contributed by atoms with Crippen molar-refractivity contribution in [3.63, 3.8) is 0 Å². The van der Waals surface area contributed by atoms with Crippen LogP contribution in [0.1, 0.15) is 17.0 Å². The monoisotopic (exact) mass is 344 g/mol. The van der Waals surface area contributed by atoms with E-state index in [9.17, 15) is 8.42 Å². The van der Waals surface area contributed by atoms with Crippen LogP contribution in [0.25, 0.3) is 0 Å². The minimum Gasteiger partial charge on any atom is -0.372 e. The fourth-order valence-electron chi connectivity index (χ4n) is 2.16. The van der Waals surface area contributed by atoms with Gasteiger partial charge in [0.2, 0.25) is 0 Å². The number of nitrogens with zero attached hydrogens (tertiary/aromatic N) is 2. The Balaban J connectivity index is 1.87. The molecule has 2 N–H and O–H groups in total. The Kier molecular flexibility index (Phi) is 3.76. The number of thiazole rings is 1. The number of anilines is 2. The summed E-state index contributed by atoms with van der Waals surface area (Å²) in [6.07, 6.45) is 4.24. The fourth-order valence-corrected chi connectivity index (χ4v) is 4.74. The van der Waals surface area contributed by atoms with E-state index in [1.165, 1.54) is 23.6 Å². The molecule has 0 atom stereocenters. The van der Waals surface area contributed by atoms with Gasteiger partial charge in [-0.25, -0.2) is 18.4 Å². The zero-order valence-corrected chi connectivity index (χ0v) is 13.6. The van der Waals surface area contributed by atoms with Crippen molar-refractivity contribution >= 4 is 43.9 Å². The molecule has 0 spiro atoms. The second kappa shape index (κ2) is 5.43. The number of hydrogen-bond acceptors (Lipinski definition) is 6. The number of halogens is 1. The standard InChI is InChI=1S/C12H13ClN4O2S2/c1-14-11-8(13)5-7(6-15-11)21(18,19)17-12-16-9-3-2-4-10(9)20-12/h5-6H,2-4H2,1H3,(H,14,15)(H,16,17). The van der Waals surface area contributed by atoms with E-state index >= 15 is 0 Å². The quantitative estimate of drug-likeness (QED) is 0.890. The minimum absolute atomic E-state index is 0.0156. The Morgan fingerprint density at radius 2 is 2.19 bits per heavy atom. The highest BCUT2D eigenvalue weighted by atomic mass is 35.5. The highest BCUT2D eigenvalue weighted by Crippen LogP contribution is 2.32. The minimum atomic E-state index is -3.73. The highest BCUT2D eigenvalue weighted by Gasteiger charge is 2.22. The molecule has 0 saturated carbocycles. The molecular weight excluding hydrogens is 332 g/mol. The average Bonchev–Trinajstić information content (AvgIpc) is 2.99. The smallest absolute Gasteiger partial charge is 0.265 e. The van der Waals surface area contributed by atoms with E-state index in [0.717, 1.165) is 29.8 Å². The first-order chi connectivity index (χ1) is 9.99. The second-order valence-electron chi connectivity index (χ2n) is 4.60. The van der Waals surface area contributed by atoms with Crippen molar-refractivity contribution in [1.29, 1.82) is 0 Å². The Morgan fingerprint density at radius 1 is 1.38 bits per heavy atom. The fraction of sp³-hybridized carbons (Fsp3) is 0.333. The predicted octanol–water partition coefficient (Wildman–Crippen LogP) is 2.52. The number of hydrogen-bond donors (Lipinski definition) is 2. The maximum atomic E-state index is 12.3. The normalized spacial score (nSPS) is 14.0. The molecule has 0 saturated heterocycles. The van der Waals surface area contributed by atoms with Crippen LogP contribution in [-0.2, 0) is 22.9 Å². The van der Waals surface area contributed by atoms with Gasteiger partial charge in [0.15, 0.2) is 5.13 Å². The molecule has 0 unspecified atom stereocenters. The molecule has 1 aliphatic rings. The molecule has 0 fully saturated rings. The summed E-state index contributed by atoms with van der Waals surface area (Å²) in [5, 5.41) is 3.43. The lowest BCUT2D eigenvalue weighted by Gasteiger charge is -2.07. The van der Waals surface area contributed by atoms with Gasteiger partial charge >= 0.3 is 0 Å². The van der Waals surface area contributed by atoms with Crippen molar-refractivity contribution in [2.75, 3.05) is 17.1 Å². The van der Waals surface area contributed by atoms with Crippen LogP contribution in [0, 0.1) is 0 Å². The lowest BCUT2D eigenvalue weighted by Crippen LogP contribution is -2.13. The average molecular weight is 345 g/mol. The summed E-state index contributed by atoms with van der Waals surface area (Å²) >= 11 is 7.36. The molecule has 0 radical (unpaired) electrons. The van der Waals surface area contributed by atoms with Gasteiger partial charge in [0, 0.05) is 18.1 Å². The molecule has 0 amide bonds. The Labute approximate surface area is 131 Å². The number of fused-ring (bicyclic) bond motifs is 1. The maximum Gasteiger partial charge on any atom is 0.265 e. The molecule has 6 nitrogen and oxygen atoms in total. The molecule has 2 heterocycles. The molecule has 1 aliphatic carbocycles. The van der Waals surface area contributed by atoms with Crippen LogP contribution in [0.3, 0.4) is 0 Å². The first-order valence-electron chi connectivity index (χ1n) is 6.34. The number of aryl methyl sites for hydroxylation is 2. The van der Waals surface area contributed by atoms with Crippen LogP contribution in [0.5, 0.6) is 0 Å². The largest absolute Gasteiger partial charge is 0.372 e. The first kappa shape index (κ1) is 14.6. The van der Waals surface area contributed by atoms with Crippen LogP contribution in [0.15, 0.2) is 17.2 Å². The Morgan fingerprint density at radius 3 is 2.86 bits per heavy atom. The van der Waals surface area contributed by atoms with Gasteiger partial charge < -0.3 is 5.32 Å². The van der Waals surface area contributed by atoms with E-state index in [0.29, 0.717) is 10.9 Å². The molecule has 0 aliphatic heterocycles. The Bertz CT molecular complexity index is 767. The van der Waals surface area contributed by atoms with Crippen molar-refractivity contribution in [3.8, 4) is 0 Å².